The van der Waals surface area contributed by atoms with E-state index in [0.29, 0.717) is 33.4 Å². The molecule has 0 unspecified atom stereocenters. The Bertz CT molecular complexity index is 1170. The summed E-state index contributed by atoms with van der Waals surface area (Å²) in [6.45, 7) is 5.20. The molecule has 7 nitrogen and oxygen atoms in total. The quantitative estimate of drug-likeness (QED) is 0.740. The van der Waals surface area contributed by atoms with Gasteiger partial charge in [0.1, 0.15) is 11.3 Å². The van der Waals surface area contributed by atoms with Crippen LogP contribution in [0.5, 0.6) is 0 Å². The smallest absolute Gasteiger partial charge is 0.405 e. The van der Waals surface area contributed by atoms with Gasteiger partial charge >= 0.3 is 6.09 Å². The van der Waals surface area contributed by atoms with Crippen LogP contribution < -0.4 is 16.3 Å². The molecule has 0 radical (unpaired) electrons. The van der Waals surface area contributed by atoms with Crippen LogP contribution in [0.15, 0.2) is 44.5 Å². The van der Waals surface area contributed by atoms with Gasteiger partial charge in [-0.2, -0.15) is 0 Å². The molecule has 3 rings (SSSR count). The third-order valence-electron chi connectivity index (χ3n) is 4.55. The van der Waals surface area contributed by atoms with E-state index in [9.17, 15) is 14.4 Å². The second-order valence-electron chi connectivity index (χ2n) is 6.65. The zero-order chi connectivity index (χ0) is 19.9. The standard InChI is InChI=1S/C20H20N2O5/c1-10-7-14(12(3)21-20(25)26)19-15(8-10)17(24)11(2)18(27-19)13-5-6-16(23)22(4)9-13/h5-9,12,21H,1-4H3,(H,25,26)/t12-/m1/s1. The summed E-state index contributed by atoms with van der Waals surface area (Å²) in [4.78, 5) is 35.7. The average molecular weight is 368 g/mol. The molecule has 0 saturated heterocycles. The molecule has 0 bridgehead atoms. The van der Waals surface area contributed by atoms with Gasteiger partial charge in [0.15, 0.2) is 5.43 Å². The molecule has 1 aromatic carbocycles. The minimum Gasteiger partial charge on any atom is -0.465 e. The highest BCUT2D eigenvalue weighted by molar-refractivity contribution is 5.84. The monoisotopic (exact) mass is 368 g/mol. The Kier molecular flexibility index (Phi) is 4.61. The number of carbonyl (C=O) groups is 1. The molecule has 2 N–H and O–H groups in total. The van der Waals surface area contributed by atoms with Crippen molar-refractivity contribution in [3.63, 3.8) is 0 Å². The molecule has 0 aliphatic rings. The summed E-state index contributed by atoms with van der Waals surface area (Å²) >= 11 is 0. The van der Waals surface area contributed by atoms with Crippen LogP contribution in [-0.4, -0.2) is 15.8 Å². The Morgan fingerprint density at radius 2 is 1.93 bits per heavy atom. The Morgan fingerprint density at radius 1 is 1.22 bits per heavy atom. The molecule has 1 amide bonds. The Balaban J connectivity index is 2.34. The fraction of sp³-hybridized carbons (Fsp3) is 0.250. The SMILES string of the molecule is Cc1cc([C@@H](C)NC(=O)O)c2oc(-c3ccc(=O)n(C)c3)c(C)c(=O)c2c1. The predicted molar refractivity (Wildman–Crippen MR) is 102 cm³/mol. The summed E-state index contributed by atoms with van der Waals surface area (Å²) in [6, 6.07) is 5.97. The van der Waals surface area contributed by atoms with Crippen molar-refractivity contribution in [2.75, 3.05) is 0 Å². The van der Waals surface area contributed by atoms with Crippen molar-refractivity contribution in [3.05, 3.63) is 67.7 Å². The van der Waals surface area contributed by atoms with Crippen LogP contribution >= 0.6 is 0 Å². The minimum absolute atomic E-state index is 0.171. The maximum Gasteiger partial charge on any atom is 0.405 e. The normalized spacial score (nSPS) is 12.1. The maximum absolute atomic E-state index is 13.0. The first kappa shape index (κ1) is 18.4. The fourth-order valence-electron chi connectivity index (χ4n) is 3.16. The lowest BCUT2D eigenvalue weighted by Gasteiger charge is -2.16. The van der Waals surface area contributed by atoms with Crippen molar-refractivity contribution < 1.29 is 14.3 Å². The Labute approximate surface area is 154 Å². The molecule has 3 aromatic rings. The number of hydrogen-bond acceptors (Lipinski definition) is 4. The number of benzene rings is 1. The van der Waals surface area contributed by atoms with E-state index >= 15 is 0 Å². The number of fused-ring (bicyclic) bond motifs is 1. The van der Waals surface area contributed by atoms with E-state index in [-0.39, 0.29) is 11.0 Å². The van der Waals surface area contributed by atoms with Crippen molar-refractivity contribution in [1.82, 2.24) is 9.88 Å². The number of nitrogens with zero attached hydrogens (tertiary/aromatic N) is 1. The van der Waals surface area contributed by atoms with Gasteiger partial charge in [-0.3, -0.25) is 9.59 Å². The highest BCUT2D eigenvalue weighted by Crippen LogP contribution is 2.30. The number of aromatic nitrogens is 1. The van der Waals surface area contributed by atoms with Gasteiger partial charge in [0.25, 0.3) is 0 Å². The molecule has 0 fully saturated rings. The van der Waals surface area contributed by atoms with Gasteiger partial charge in [-0.15, -0.1) is 0 Å². The van der Waals surface area contributed by atoms with Crippen LogP contribution in [0.25, 0.3) is 22.3 Å². The minimum atomic E-state index is -1.16. The molecule has 140 valence electrons. The van der Waals surface area contributed by atoms with Gasteiger partial charge in [-0.1, -0.05) is 6.07 Å². The molecule has 27 heavy (non-hydrogen) atoms. The lowest BCUT2D eigenvalue weighted by Crippen LogP contribution is -2.25. The molecule has 1 atom stereocenters. The summed E-state index contributed by atoms with van der Waals surface area (Å²) in [6.07, 6.45) is 0.441. The summed E-state index contributed by atoms with van der Waals surface area (Å²) in [5, 5.41) is 11.8. The molecular formula is C20H20N2O5. The van der Waals surface area contributed by atoms with Gasteiger partial charge in [-0.25, -0.2) is 4.79 Å². The Hall–Kier alpha value is -3.35. The maximum atomic E-state index is 13.0. The molecule has 0 aliphatic heterocycles. The lowest BCUT2D eigenvalue weighted by molar-refractivity contribution is 0.191. The van der Waals surface area contributed by atoms with E-state index in [2.05, 4.69) is 5.32 Å². The van der Waals surface area contributed by atoms with Crippen LogP contribution in [0.1, 0.15) is 29.7 Å². The number of pyridine rings is 1. The molecule has 0 saturated carbocycles. The van der Waals surface area contributed by atoms with Gasteiger partial charge < -0.3 is 19.4 Å². The van der Waals surface area contributed by atoms with Crippen LogP contribution in [0.4, 0.5) is 4.79 Å². The number of aryl methyl sites for hydroxylation is 2. The van der Waals surface area contributed by atoms with Crippen LogP contribution in [0.3, 0.4) is 0 Å². The number of nitrogens with one attached hydrogen (secondary N) is 1. The van der Waals surface area contributed by atoms with E-state index in [1.165, 1.54) is 10.6 Å². The van der Waals surface area contributed by atoms with Gasteiger partial charge in [0, 0.05) is 36.0 Å². The average Bonchev–Trinajstić information content (AvgIpc) is 2.59. The summed E-state index contributed by atoms with van der Waals surface area (Å²) in [5.74, 6) is 0.357. The summed E-state index contributed by atoms with van der Waals surface area (Å²) < 4.78 is 7.50. The van der Waals surface area contributed by atoms with Gasteiger partial charge in [0.05, 0.1) is 11.4 Å². The van der Waals surface area contributed by atoms with Crippen LogP contribution in [0.2, 0.25) is 0 Å². The van der Waals surface area contributed by atoms with Crippen molar-refractivity contribution in [1.29, 1.82) is 0 Å². The highest BCUT2D eigenvalue weighted by atomic mass is 16.4. The molecule has 7 heteroatoms. The van der Waals surface area contributed by atoms with Gasteiger partial charge in [0.2, 0.25) is 5.56 Å². The molecular weight excluding hydrogens is 348 g/mol. The van der Waals surface area contributed by atoms with E-state index < -0.39 is 12.1 Å². The second-order valence-corrected chi connectivity index (χ2v) is 6.65. The van der Waals surface area contributed by atoms with Crippen molar-refractivity contribution >= 4 is 17.1 Å². The number of carboxylic acid groups (broad SMARTS) is 1. The van der Waals surface area contributed by atoms with Crippen LogP contribution in [0, 0.1) is 13.8 Å². The first-order chi connectivity index (χ1) is 12.7. The zero-order valence-electron chi connectivity index (χ0n) is 15.5. The summed E-state index contributed by atoms with van der Waals surface area (Å²) in [5.41, 5.74) is 2.41. The number of rotatable bonds is 3. The van der Waals surface area contributed by atoms with Crippen molar-refractivity contribution in [3.8, 4) is 11.3 Å². The highest BCUT2D eigenvalue weighted by Gasteiger charge is 2.19. The molecule has 2 heterocycles. The third kappa shape index (κ3) is 3.36. The van der Waals surface area contributed by atoms with Crippen molar-refractivity contribution in [2.45, 2.75) is 26.8 Å². The van der Waals surface area contributed by atoms with E-state index in [1.54, 1.807) is 45.3 Å². The number of amides is 1. The van der Waals surface area contributed by atoms with Crippen LogP contribution in [-0.2, 0) is 7.05 Å². The fourth-order valence-corrected chi connectivity index (χ4v) is 3.16. The van der Waals surface area contributed by atoms with Crippen molar-refractivity contribution in [2.24, 2.45) is 7.05 Å². The lowest BCUT2D eigenvalue weighted by atomic mass is 9.99. The molecule has 0 aliphatic carbocycles. The number of hydrogen-bond donors (Lipinski definition) is 2. The Morgan fingerprint density at radius 3 is 2.56 bits per heavy atom. The topological polar surface area (TPSA) is 102 Å². The molecule has 2 aromatic heterocycles. The van der Waals surface area contributed by atoms with E-state index in [1.807, 2.05) is 6.92 Å². The predicted octanol–water partition coefficient (Wildman–Crippen LogP) is 3.10. The zero-order valence-corrected chi connectivity index (χ0v) is 15.5. The third-order valence-corrected chi connectivity index (χ3v) is 4.55. The summed E-state index contributed by atoms with van der Waals surface area (Å²) in [7, 11) is 1.62. The first-order valence-electron chi connectivity index (χ1n) is 8.43. The van der Waals surface area contributed by atoms with E-state index in [4.69, 9.17) is 9.52 Å². The second kappa shape index (κ2) is 6.75. The largest absolute Gasteiger partial charge is 0.465 e. The first-order valence-corrected chi connectivity index (χ1v) is 8.43. The van der Waals surface area contributed by atoms with E-state index in [0.717, 1.165) is 5.56 Å². The molecule has 0 spiro atoms. The van der Waals surface area contributed by atoms with Gasteiger partial charge in [-0.05, 0) is 38.5 Å².